The van der Waals surface area contributed by atoms with E-state index in [2.05, 4.69) is 11.8 Å². The number of nitriles is 1. The van der Waals surface area contributed by atoms with Gasteiger partial charge in [0, 0.05) is 11.1 Å². The van der Waals surface area contributed by atoms with Gasteiger partial charge in [-0.15, -0.1) is 11.6 Å². The molecule has 0 fully saturated rings. The Morgan fingerprint density at radius 1 is 1.14 bits per heavy atom. The van der Waals surface area contributed by atoms with Gasteiger partial charge in [-0.2, -0.15) is 5.26 Å². The van der Waals surface area contributed by atoms with Crippen molar-refractivity contribution in [2.24, 2.45) is 0 Å². The third kappa shape index (κ3) is 4.24. The molecule has 0 radical (unpaired) electrons. The quantitative estimate of drug-likeness (QED) is 0.637. The molecule has 0 amide bonds. The minimum Gasteiger partial charge on any atom is -0.489 e. The number of ether oxygens (including phenoxy) is 1. The van der Waals surface area contributed by atoms with Crippen molar-refractivity contribution in [3.63, 3.8) is 0 Å². The lowest BCUT2D eigenvalue weighted by atomic mass is 10.1. The van der Waals surface area contributed by atoms with Crippen LogP contribution in [0.4, 0.5) is 4.39 Å². The highest BCUT2D eigenvalue weighted by Crippen LogP contribution is 2.17. The van der Waals surface area contributed by atoms with Crippen LogP contribution in [0.15, 0.2) is 42.5 Å². The zero-order valence-corrected chi connectivity index (χ0v) is 11.8. The first-order valence-electron chi connectivity index (χ1n) is 6.19. The molecule has 0 unspecified atom stereocenters. The number of nitrogens with zero attached hydrogens (tertiary/aromatic N) is 1. The average Bonchev–Trinajstić information content (AvgIpc) is 2.52. The lowest BCUT2D eigenvalue weighted by molar-refractivity contribution is 0.300. The summed E-state index contributed by atoms with van der Waals surface area (Å²) in [5, 5.41) is 8.82. The maximum absolute atomic E-state index is 13.6. The molecule has 2 aromatic rings. The van der Waals surface area contributed by atoms with Crippen molar-refractivity contribution in [2.75, 3.05) is 5.88 Å². The molecular weight excluding hydrogens is 289 g/mol. The lowest BCUT2D eigenvalue weighted by Gasteiger charge is -2.07. The highest BCUT2D eigenvalue weighted by atomic mass is 35.5. The lowest BCUT2D eigenvalue weighted by Crippen LogP contribution is -1.99. The highest BCUT2D eigenvalue weighted by Gasteiger charge is 2.05. The van der Waals surface area contributed by atoms with Crippen LogP contribution in [0.25, 0.3) is 0 Å². The second kappa shape index (κ2) is 7.33. The number of alkyl halides is 1. The van der Waals surface area contributed by atoms with Crippen LogP contribution in [0.2, 0.25) is 0 Å². The molecule has 0 bridgehead atoms. The molecule has 0 spiro atoms. The van der Waals surface area contributed by atoms with Gasteiger partial charge in [-0.25, -0.2) is 4.39 Å². The van der Waals surface area contributed by atoms with Crippen LogP contribution < -0.4 is 4.74 Å². The summed E-state index contributed by atoms with van der Waals surface area (Å²) in [6, 6.07) is 13.3. The van der Waals surface area contributed by atoms with E-state index in [1.54, 1.807) is 18.2 Å². The van der Waals surface area contributed by atoms with Gasteiger partial charge in [0.05, 0.1) is 17.5 Å². The summed E-state index contributed by atoms with van der Waals surface area (Å²) < 4.78 is 19.2. The van der Waals surface area contributed by atoms with E-state index in [-0.39, 0.29) is 12.5 Å². The Hall–Kier alpha value is -2.49. The average molecular weight is 300 g/mol. The third-order valence-corrected chi connectivity index (χ3v) is 2.84. The fraction of sp³-hybridized carbons (Fsp3) is 0.118. The zero-order chi connectivity index (χ0) is 15.1. The summed E-state index contributed by atoms with van der Waals surface area (Å²) in [7, 11) is 0. The minimum absolute atomic E-state index is 0.0493. The SMILES string of the molecule is N#Cc1ccc(F)c(COc2cccc(C#CCCl)c2)c1. The van der Waals surface area contributed by atoms with E-state index in [4.69, 9.17) is 21.6 Å². The molecule has 2 aromatic carbocycles. The fourth-order valence-corrected chi connectivity index (χ4v) is 1.78. The minimum atomic E-state index is -0.396. The molecular formula is C17H11ClFNO. The molecule has 0 aliphatic heterocycles. The van der Waals surface area contributed by atoms with E-state index < -0.39 is 5.82 Å². The van der Waals surface area contributed by atoms with Crippen molar-refractivity contribution in [1.82, 2.24) is 0 Å². The number of hydrogen-bond acceptors (Lipinski definition) is 2. The smallest absolute Gasteiger partial charge is 0.129 e. The van der Waals surface area contributed by atoms with Gasteiger partial charge in [0.15, 0.2) is 0 Å². The summed E-state index contributed by atoms with van der Waals surface area (Å²) in [6.07, 6.45) is 0. The first kappa shape index (κ1) is 14.9. The van der Waals surface area contributed by atoms with Crippen molar-refractivity contribution in [1.29, 1.82) is 5.26 Å². The van der Waals surface area contributed by atoms with Crippen molar-refractivity contribution in [2.45, 2.75) is 6.61 Å². The second-order valence-electron chi connectivity index (χ2n) is 4.17. The number of rotatable bonds is 3. The Morgan fingerprint density at radius 3 is 2.76 bits per heavy atom. The molecule has 0 atom stereocenters. The molecule has 4 heteroatoms. The van der Waals surface area contributed by atoms with Crippen LogP contribution in [0, 0.1) is 29.0 Å². The Labute approximate surface area is 127 Å². The molecule has 2 rings (SSSR count). The maximum Gasteiger partial charge on any atom is 0.129 e. The van der Waals surface area contributed by atoms with Crippen molar-refractivity contribution < 1.29 is 9.13 Å². The molecule has 104 valence electrons. The van der Waals surface area contributed by atoms with Gasteiger partial charge >= 0.3 is 0 Å². The summed E-state index contributed by atoms with van der Waals surface area (Å²) in [5.74, 6) is 6.08. The monoisotopic (exact) mass is 299 g/mol. The molecule has 0 heterocycles. The molecule has 0 aromatic heterocycles. The summed E-state index contributed by atoms with van der Waals surface area (Å²) in [5.41, 5.74) is 1.52. The van der Waals surface area contributed by atoms with Crippen LogP contribution in [-0.4, -0.2) is 5.88 Å². The number of halogens is 2. The first-order valence-corrected chi connectivity index (χ1v) is 6.72. The van der Waals surface area contributed by atoms with Gasteiger partial charge in [0.2, 0.25) is 0 Å². The van der Waals surface area contributed by atoms with E-state index in [0.717, 1.165) is 5.56 Å². The summed E-state index contributed by atoms with van der Waals surface area (Å²) >= 11 is 5.51. The largest absolute Gasteiger partial charge is 0.489 e. The first-order chi connectivity index (χ1) is 10.2. The Kier molecular flexibility index (Phi) is 5.21. The Morgan fingerprint density at radius 2 is 2.00 bits per heavy atom. The highest BCUT2D eigenvalue weighted by molar-refractivity contribution is 6.19. The van der Waals surface area contributed by atoms with Crippen LogP contribution in [0.3, 0.4) is 0 Å². The van der Waals surface area contributed by atoms with Crippen LogP contribution in [0.1, 0.15) is 16.7 Å². The molecule has 2 nitrogen and oxygen atoms in total. The normalized spacial score (nSPS) is 9.38. The molecule has 0 saturated carbocycles. The van der Waals surface area contributed by atoms with Gasteiger partial charge in [0.25, 0.3) is 0 Å². The molecule has 0 N–H and O–H groups in total. The van der Waals surface area contributed by atoms with Gasteiger partial charge in [0.1, 0.15) is 18.2 Å². The third-order valence-electron chi connectivity index (χ3n) is 2.70. The summed E-state index contributed by atoms with van der Waals surface area (Å²) in [4.78, 5) is 0. The number of benzene rings is 2. The van der Waals surface area contributed by atoms with Crippen LogP contribution >= 0.6 is 11.6 Å². The van der Waals surface area contributed by atoms with Gasteiger partial charge in [-0.1, -0.05) is 17.9 Å². The molecule has 0 saturated heterocycles. The zero-order valence-electron chi connectivity index (χ0n) is 11.1. The van der Waals surface area contributed by atoms with Crippen LogP contribution in [-0.2, 0) is 6.61 Å². The van der Waals surface area contributed by atoms with E-state index in [9.17, 15) is 4.39 Å². The molecule has 0 aliphatic carbocycles. The predicted octanol–water partition coefficient (Wildman–Crippen LogP) is 3.87. The number of hydrogen-bond donors (Lipinski definition) is 0. The van der Waals surface area contributed by atoms with Crippen LogP contribution in [0.5, 0.6) is 5.75 Å². The van der Waals surface area contributed by atoms with Crippen molar-refractivity contribution >= 4 is 11.6 Å². The van der Waals surface area contributed by atoms with Gasteiger partial charge in [-0.3, -0.25) is 0 Å². The summed E-state index contributed by atoms with van der Waals surface area (Å²) in [6.45, 7) is 0.0493. The van der Waals surface area contributed by atoms with Crippen molar-refractivity contribution in [3.05, 3.63) is 65.0 Å². The van der Waals surface area contributed by atoms with Gasteiger partial charge < -0.3 is 4.74 Å². The maximum atomic E-state index is 13.6. The Bertz CT molecular complexity index is 740. The standard InChI is InChI=1S/C17H11ClFNO/c18-8-2-4-13-3-1-5-16(10-13)21-12-15-9-14(11-20)6-7-17(15)19/h1,3,5-7,9-10H,8,12H2. The fourth-order valence-electron chi connectivity index (χ4n) is 1.72. The van der Waals surface area contributed by atoms with E-state index in [0.29, 0.717) is 16.9 Å². The Balaban J connectivity index is 2.11. The van der Waals surface area contributed by atoms with Crippen molar-refractivity contribution in [3.8, 4) is 23.7 Å². The second-order valence-corrected chi connectivity index (χ2v) is 4.44. The molecule has 21 heavy (non-hydrogen) atoms. The molecule has 0 aliphatic rings. The van der Waals surface area contributed by atoms with E-state index >= 15 is 0 Å². The van der Waals surface area contributed by atoms with Gasteiger partial charge in [-0.05, 0) is 36.4 Å². The predicted molar refractivity (Wildman–Crippen MR) is 79.5 cm³/mol. The topological polar surface area (TPSA) is 33.0 Å². The van der Waals surface area contributed by atoms with E-state index in [1.807, 2.05) is 12.1 Å². The van der Waals surface area contributed by atoms with E-state index in [1.165, 1.54) is 18.2 Å².